The van der Waals surface area contributed by atoms with Crippen molar-refractivity contribution >= 4 is 16.6 Å². The van der Waals surface area contributed by atoms with Crippen molar-refractivity contribution in [3.05, 3.63) is 30.5 Å². The maximum Gasteiger partial charge on any atom is 0.145 e. The van der Waals surface area contributed by atoms with Crippen LogP contribution in [0.5, 0.6) is 5.75 Å². The van der Waals surface area contributed by atoms with Crippen molar-refractivity contribution in [2.24, 2.45) is 0 Å². The lowest BCUT2D eigenvalue weighted by Gasteiger charge is -2.07. The molecule has 0 fully saturated rings. The number of benzene rings is 1. The predicted molar refractivity (Wildman–Crippen MR) is 57.3 cm³/mol. The van der Waals surface area contributed by atoms with Crippen LogP contribution in [0.3, 0.4) is 0 Å². The van der Waals surface area contributed by atoms with Gasteiger partial charge in [-0.2, -0.15) is 0 Å². The molecule has 0 aliphatic rings. The van der Waals surface area contributed by atoms with Gasteiger partial charge >= 0.3 is 0 Å². The second-order valence-corrected chi connectivity index (χ2v) is 2.99. The lowest BCUT2D eigenvalue weighted by molar-refractivity contribution is 0.343. The highest BCUT2D eigenvalue weighted by Crippen LogP contribution is 2.26. The molecule has 0 spiro atoms. The number of fused-ring (bicyclic) bond motifs is 1. The van der Waals surface area contributed by atoms with Gasteiger partial charge in [0, 0.05) is 17.3 Å². The second-order valence-electron chi connectivity index (χ2n) is 2.99. The first kappa shape index (κ1) is 8.81. The van der Waals surface area contributed by atoms with Crippen molar-refractivity contribution in [3.63, 3.8) is 0 Å². The van der Waals surface area contributed by atoms with Crippen molar-refractivity contribution in [1.29, 1.82) is 0 Å². The highest BCUT2D eigenvalue weighted by molar-refractivity contribution is 5.93. The zero-order chi connectivity index (χ0) is 9.97. The fourth-order valence-corrected chi connectivity index (χ4v) is 1.44. The van der Waals surface area contributed by atoms with Crippen LogP contribution >= 0.6 is 0 Å². The summed E-state index contributed by atoms with van der Waals surface area (Å²) >= 11 is 0. The molecule has 1 aromatic carbocycles. The first-order chi connectivity index (χ1) is 6.83. The zero-order valence-corrected chi connectivity index (χ0v) is 8.03. The Morgan fingerprint density at radius 3 is 3.00 bits per heavy atom. The van der Waals surface area contributed by atoms with Crippen LogP contribution < -0.4 is 10.5 Å². The molecule has 0 unspecified atom stereocenters. The molecule has 0 atom stereocenters. The number of aromatic nitrogens is 1. The molecule has 14 heavy (non-hydrogen) atoms. The van der Waals surface area contributed by atoms with Crippen LogP contribution in [0.4, 0.5) is 5.69 Å². The van der Waals surface area contributed by atoms with E-state index in [1.807, 2.05) is 25.1 Å². The average molecular weight is 188 g/mol. The van der Waals surface area contributed by atoms with Gasteiger partial charge in [0.1, 0.15) is 11.3 Å². The van der Waals surface area contributed by atoms with Gasteiger partial charge in [-0.15, -0.1) is 0 Å². The summed E-state index contributed by atoms with van der Waals surface area (Å²) in [6, 6.07) is 7.56. The van der Waals surface area contributed by atoms with Gasteiger partial charge in [-0.25, -0.2) is 0 Å². The van der Waals surface area contributed by atoms with Gasteiger partial charge in [-0.05, 0) is 19.1 Å². The van der Waals surface area contributed by atoms with E-state index in [1.54, 1.807) is 12.3 Å². The molecule has 0 amide bonds. The van der Waals surface area contributed by atoms with E-state index in [4.69, 9.17) is 10.5 Å². The highest BCUT2D eigenvalue weighted by atomic mass is 16.5. The molecule has 72 valence electrons. The molecule has 2 aromatic rings. The first-order valence-corrected chi connectivity index (χ1v) is 4.59. The third-order valence-corrected chi connectivity index (χ3v) is 2.07. The van der Waals surface area contributed by atoms with Crippen LogP contribution in [0.1, 0.15) is 6.92 Å². The van der Waals surface area contributed by atoms with Crippen LogP contribution in [0.2, 0.25) is 0 Å². The van der Waals surface area contributed by atoms with E-state index in [9.17, 15) is 0 Å². The van der Waals surface area contributed by atoms with E-state index >= 15 is 0 Å². The molecule has 0 aliphatic heterocycles. The van der Waals surface area contributed by atoms with E-state index in [2.05, 4.69) is 4.98 Å². The molecular formula is C11H12N2O. The summed E-state index contributed by atoms with van der Waals surface area (Å²) in [5.74, 6) is 0.789. The average Bonchev–Trinajstić information content (AvgIpc) is 2.20. The minimum Gasteiger partial charge on any atom is -0.492 e. The molecule has 3 nitrogen and oxygen atoms in total. The van der Waals surface area contributed by atoms with Crippen molar-refractivity contribution in [2.75, 3.05) is 12.3 Å². The fourth-order valence-electron chi connectivity index (χ4n) is 1.44. The second kappa shape index (κ2) is 3.54. The Kier molecular flexibility index (Phi) is 2.23. The van der Waals surface area contributed by atoms with Gasteiger partial charge in [0.2, 0.25) is 0 Å². The number of para-hydroxylation sites is 1. The molecule has 1 aromatic heterocycles. The van der Waals surface area contributed by atoms with Crippen LogP contribution in [0.15, 0.2) is 30.5 Å². The van der Waals surface area contributed by atoms with Gasteiger partial charge in [0.05, 0.1) is 6.61 Å². The topological polar surface area (TPSA) is 48.1 Å². The SMILES string of the molecule is CCOc1cccc2c(N)ccnc12. The van der Waals surface area contributed by atoms with Crippen LogP contribution in [0, 0.1) is 0 Å². The summed E-state index contributed by atoms with van der Waals surface area (Å²) in [7, 11) is 0. The number of ether oxygens (including phenoxy) is 1. The van der Waals surface area contributed by atoms with Crippen molar-refractivity contribution < 1.29 is 4.74 Å². The number of nitrogen functional groups attached to an aromatic ring is 1. The summed E-state index contributed by atoms with van der Waals surface area (Å²) in [6.07, 6.45) is 1.69. The molecule has 0 bridgehead atoms. The minimum atomic E-state index is 0.635. The van der Waals surface area contributed by atoms with E-state index in [0.717, 1.165) is 22.3 Å². The zero-order valence-electron chi connectivity index (χ0n) is 8.03. The normalized spacial score (nSPS) is 10.4. The summed E-state index contributed by atoms with van der Waals surface area (Å²) < 4.78 is 5.46. The molecule has 2 N–H and O–H groups in total. The Balaban J connectivity index is 2.68. The third kappa shape index (κ3) is 1.37. The van der Waals surface area contributed by atoms with Crippen molar-refractivity contribution in [1.82, 2.24) is 4.98 Å². The lowest BCUT2D eigenvalue weighted by atomic mass is 10.2. The number of nitrogens with two attached hydrogens (primary N) is 1. The molecule has 0 saturated heterocycles. The number of nitrogens with zero attached hydrogens (tertiary/aromatic N) is 1. The monoisotopic (exact) mass is 188 g/mol. The Hall–Kier alpha value is -1.77. The van der Waals surface area contributed by atoms with Crippen molar-refractivity contribution in [2.45, 2.75) is 6.92 Å². The molecule has 1 heterocycles. The number of hydrogen-bond donors (Lipinski definition) is 1. The molecule has 0 saturated carbocycles. The smallest absolute Gasteiger partial charge is 0.145 e. The fraction of sp³-hybridized carbons (Fsp3) is 0.182. The van der Waals surface area contributed by atoms with Gasteiger partial charge in [0.15, 0.2) is 0 Å². The van der Waals surface area contributed by atoms with E-state index in [0.29, 0.717) is 6.61 Å². The maximum atomic E-state index is 5.83. The first-order valence-electron chi connectivity index (χ1n) is 4.59. The largest absolute Gasteiger partial charge is 0.492 e. The number of anilines is 1. The Bertz CT molecular complexity index is 454. The molecule has 0 radical (unpaired) electrons. The Morgan fingerprint density at radius 2 is 2.21 bits per heavy atom. The lowest BCUT2D eigenvalue weighted by Crippen LogP contribution is -1.95. The van der Waals surface area contributed by atoms with Gasteiger partial charge < -0.3 is 10.5 Å². The summed E-state index contributed by atoms with van der Waals surface area (Å²) in [5, 5.41) is 0.943. The Morgan fingerprint density at radius 1 is 1.36 bits per heavy atom. The van der Waals surface area contributed by atoms with Gasteiger partial charge in [-0.1, -0.05) is 12.1 Å². The Labute approximate surface area is 82.5 Å². The molecule has 0 aliphatic carbocycles. The summed E-state index contributed by atoms with van der Waals surface area (Å²) in [5.41, 5.74) is 7.39. The minimum absolute atomic E-state index is 0.635. The predicted octanol–water partition coefficient (Wildman–Crippen LogP) is 2.22. The summed E-state index contributed by atoms with van der Waals surface area (Å²) in [6.45, 7) is 2.58. The third-order valence-electron chi connectivity index (χ3n) is 2.07. The standard InChI is InChI=1S/C11H12N2O/c1-2-14-10-5-3-4-8-9(12)6-7-13-11(8)10/h3-7H,2H2,1H3,(H2,12,13). The summed E-state index contributed by atoms with van der Waals surface area (Å²) in [4.78, 5) is 4.26. The number of hydrogen-bond acceptors (Lipinski definition) is 3. The number of rotatable bonds is 2. The van der Waals surface area contributed by atoms with E-state index in [1.165, 1.54) is 0 Å². The number of pyridine rings is 1. The van der Waals surface area contributed by atoms with Gasteiger partial charge in [0.25, 0.3) is 0 Å². The van der Waals surface area contributed by atoms with Crippen LogP contribution in [-0.2, 0) is 0 Å². The van der Waals surface area contributed by atoms with Gasteiger partial charge in [-0.3, -0.25) is 4.98 Å². The molecule has 2 rings (SSSR count). The van der Waals surface area contributed by atoms with E-state index in [-0.39, 0.29) is 0 Å². The van der Waals surface area contributed by atoms with Crippen molar-refractivity contribution in [3.8, 4) is 5.75 Å². The van der Waals surface area contributed by atoms with Crippen LogP contribution in [-0.4, -0.2) is 11.6 Å². The maximum absolute atomic E-state index is 5.83. The molecule has 3 heteroatoms. The quantitative estimate of drug-likeness (QED) is 0.786. The van der Waals surface area contributed by atoms with Crippen LogP contribution in [0.25, 0.3) is 10.9 Å². The molecular weight excluding hydrogens is 176 g/mol. The highest BCUT2D eigenvalue weighted by Gasteiger charge is 2.03. The van der Waals surface area contributed by atoms with E-state index < -0.39 is 0 Å².